The molecule has 1 aromatic carbocycles. The van der Waals surface area contributed by atoms with E-state index in [0.29, 0.717) is 6.42 Å². The van der Waals surface area contributed by atoms with Crippen molar-refractivity contribution >= 4 is 22.0 Å². The normalized spacial score (nSPS) is 11.6. The Labute approximate surface area is 129 Å². The highest BCUT2D eigenvalue weighted by Gasteiger charge is 2.29. The molecule has 0 bridgehead atoms. The molecule has 0 aliphatic heterocycles. The fourth-order valence-electron chi connectivity index (χ4n) is 1.20. The maximum Gasteiger partial charge on any atom is 0.555 e. The zero-order valence-corrected chi connectivity index (χ0v) is 13.6. The van der Waals surface area contributed by atoms with Crippen molar-refractivity contribution in [3.05, 3.63) is 24.3 Å². The molecule has 122 valence electrons. The number of benzene rings is 1. The summed E-state index contributed by atoms with van der Waals surface area (Å²) >= 11 is 0. The molecule has 0 N–H and O–H groups in total. The minimum Gasteiger partial charge on any atom is -0.392 e. The fraction of sp³-hybridized carbons (Fsp3) is 0.429. The maximum absolute atomic E-state index is 11.6. The number of rotatable bonds is 4. The number of hydrogen-bond donors (Lipinski definition) is 0. The van der Waals surface area contributed by atoms with Crippen LogP contribution in [0.2, 0.25) is 0 Å². The molecule has 0 aromatic heterocycles. The second kappa shape index (κ2) is 6.78. The van der Waals surface area contributed by atoms with Gasteiger partial charge in [0.15, 0.2) is 9.84 Å². The Morgan fingerprint density at radius 2 is 1.64 bits per heavy atom. The molecule has 0 unspecified atom stereocenters. The van der Waals surface area contributed by atoms with Crippen molar-refractivity contribution in [2.24, 2.45) is 5.41 Å². The quantitative estimate of drug-likeness (QED) is 0.362. The lowest BCUT2D eigenvalue weighted by Gasteiger charge is -2.17. The SMILES string of the molecule is CCC(C)(C)C(=O)OOC(=O)Oc1ccc(S(C)(=O)=O)cc1. The molecule has 0 aliphatic carbocycles. The Hall–Kier alpha value is -2.09. The highest BCUT2D eigenvalue weighted by molar-refractivity contribution is 7.90. The average Bonchev–Trinajstić information content (AvgIpc) is 2.44. The molecule has 1 aromatic rings. The molecule has 0 spiro atoms. The number of ether oxygens (including phenoxy) is 1. The highest BCUT2D eigenvalue weighted by atomic mass is 32.2. The minimum absolute atomic E-state index is 0.0585. The summed E-state index contributed by atoms with van der Waals surface area (Å²) in [6, 6.07) is 5.14. The van der Waals surface area contributed by atoms with Crippen LogP contribution < -0.4 is 4.74 Å². The van der Waals surface area contributed by atoms with Gasteiger partial charge < -0.3 is 4.74 Å². The zero-order valence-electron chi connectivity index (χ0n) is 12.8. The summed E-state index contributed by atoms with van der Waals surface area (Å²) in [5, 5.41) is 0. The number of carbonyl (C=O) groups is 2. The summed E-state index contributed by atoms with van der Waals surface area (Å²) in [4.78, 5) is 31.7. The third kappa shape index (κ3) is 5.03. The van der Waals surface area contributed by atoms with Crippen molar-refractivity contribution < 1.29 is 32.5 Å². The van der Waals surface area contributed by atoms with E-state index in [1.54, 1.807) is 20.8 Å². The van der Waals surface area contributed by atoms with Gasteiger partial charge >= 0.3 is 12.1 Å². The van der Waals surface area contributed by atoms with Crippen LogP contribution in [-0.2, 0) is 24.4 Å². The summed E-state index contributed by atoms with van der Waals surface area (Å²) in [5.74, 6) is -0.637. The van der Waals surface area contributed by atoms with Crippen molar-refractivity contribution in [2.75, 3.05) is 6.26 Å². The molecule has 0 saturated carbocycles. The zero-order chi connectivity index (χ0) is 17.0. The van der Waals surface area contributed by atoms with Crippen LogP contribution in [0.3, 0.4) is 0 Å². The average molecular weight is 330 g/mol. The lowest BCUT2D eigenvalue weighted by Crippen LogP contribution is -2.27. The van der Waals surface area contributed by atoms with Crippen LogP contribution in [0.1, 0.15) is 27.2 Å². The fourth-order valence-corrected chi connectivity index (χ4v) is 1.83. The number of hydrogen-bond acceptors (Lipinski definition) is 7. The van der Waals surface area contributed by atoms with E-state index in [9.17, 15) is 18.0 Å². The topological polar surface area (TPSA) is 96.0 Å². The first-order valence-electron chi connectivity index (χ1n) is 6.47. The largest absolute Gasteiger partial charge is 0.555 e. The summed E-state index contributed by atoms with van der Waals surface area (Å²) < 4.78 is 27.3. The van der Waals surface area contributed by atoms with Crippen LogP contribution in [0.4, 0.5) is 4.79 Å². The first kappa shape index (κ1) is 18.0. The first-order chi connectivity index (χ1) is 10.1. The van der Waals surface area contributed by atoms with Gasteiger partial charge in [-0.2, -0.15) is 4.79 Å². The van der Waals surface area contributed by atoms with Crippen LogP contribution in [0.25, 0.3) is 0 Å². The monoisotopic (exact) mass is 330 g/mol. The summed E-state index contributed by atoms with van der Waals surface area (Å²) in [5.41, 5.74) is -0.780. The van der Waals surface area contributed by atoms with E-state index in [1.807, 2.05) is 0 Å². The highest BCUT2D eigenvalue weighted by Crippen LogP contribution is 2.22. The molecular formula is C14H18O7S. The molecule has 8 heteroatoms. The molecule has 0 atom stereocenters. The molecule has 0 fully saturated rings. The van der Waals surface area contributed by atoms with Crippen molar-refractivity contribution in [1.29, 1.82) is 0 Å². The van der Waals surface area contributed by atoms with Gasteiger partial charge in [-0.05, 0) is 44.5 Å². The molecule has 1 rings (SSSR count). The standard InChI is InChI=1S/C14H18O7S/c1-5-14(2,3)12(15)20-21-13(16)19-10-6-8-11(9-7-10)22(4,17)18/h6-9H,5H2,1-4H3. The lowest BCUT2D eigenvalue weighted by molar-refractivity contribution is -0.248. The van der Waals surface area contributed by atoms with Crippen LogP contribution in [-0.4, -0.2) is 26.8 Å². The van der Waals surface area contributed by atoms with Gasteiger partial charge in [-0.3, -0.25) is 0 Å². The Morgan fingerprint density at radius 1 is 1.09 bits per heavy atom. The molecular weight excluding hydrogens is 312 g/mol. The lowest BCUT2D eigenvalue weighted by atomic mass is 9.91. The van der Waals surface area contributed by atoms with E-state index in [2.05, 4.69) is 9.78 Å². The van der Waals surface area contributed by atoms with Gasteiger partial charge in [0.05, 0.1) is 10.3 Å². The van der Waals surface area contributed by atoms with E-state index in [1.165, 1.54) is 24.3 Å². The third-order valence-electron chi connectivity index (χ3n) is 3.07. The maximum atomic E-state index is 11.6. The van der Waals surface area contributed by atoms with Gasteiger partial charge in [-0.1, -0.05) is 6.92 Å². The van der Waals surface area contributed by atoms with Crippen molar-refractivity contribution in [3.8, 4) is 5.75 Å². The molecule has 0 saturated heterocycles. The van der Waals surface area contributed by atoms with Gasteiger partial charge in [-0.25, -0.2) is 23.0 Å². The van der Waals surface area contributed by atoms with Gasteiger partial charge in [0.1, 0.15) is 5.75 Å². The molecule has 22 heavy (non-hydrogen) atoms. The van der Waals surface area contributed by atoms with Gasteiger partial charge in [0.2, 0.25) is 0 Å². The van der Waals surface area contributed by atoms with E-state index in [4.69, 9.17) is 4.74 Å². The Morgan fingerprint density at radius 3 is 2.09 bits per heavy atom. The Bertz CT molecular complexity index is 644. The van der Waals surface area contributed by atoms with Crippen molar-refractivity contribution in [1.82, 2.24) is 0 Å². The Balaban J connectivity index is 2.58. The van der Waals surface area contributed by atoms with Gasteiger partial charge in [0.25, 0.3) is 0 Å². The van der Waals surface area contributed by atoms with E-state index >= 15 is 0 Å². The smallest absolute Gasteiger partial charge is 0.392 e. The predicted molar refractivity (Wildman–Crippen MR) is 76.8 cm³/mol. The number of sulfone groups is 1. The predicted octanol–water partition coefficient (Wildman–Crippen LogP) is 2.50. The molecule has 0 amide bonds. The molecule has 0 radical (unpaired) electrons. The van der Waals surface area contributed by atoms with Gasteiger partial charge in [-0.15, -0.1) is 0 Å². The molecule has 0 aliphatic rings. The summed E-state index contributed by atoms with van der Waals surface area (Å²) in [6.45, 7) is 5.09. The first-order valence-corrected chi connectivity index (χ1v) is 8.36. The van der Waals surface area contributed by atoms with E-state index < -0.39 is 27.4 Å². The molecule has 7 nitrogen and oxygen atoms in total. The summed E-state index contributed by atoms with van der Waals surface area (Å²) in [7, 11) is -3.33. The minimum atomic E-state index is -3.33. The number of carbonyl (C=O) groups excluding carboxylic acids is 2. The van der Waals surface area contributed by atoms with Crippen LogP contribution in [0.5, 0.6) is 5.75 Å². The van der Waals surface area contributed by atoms with E-state index in [-0.39, 0.29) is 10.6 Å². The second-order valence-electron chi connectivity index (χ2n) is 5.29. The van der Waals surface area contributed by atoms with Gasteiger partial charge in [0, 0.05) is 6.26 Å². The van der Waals surface area contributed by atoms with Crippen LogP contribution in [0.15, 0.2) is 29.2 Å². The van der Waals surface area contributed by atoms with Crippen LogP contribution >= 0.6 is 0 Å². The Kier molecular flexibility index (Phi) is 5.54. The van der Waals surface area contributed by atoms with E-state index in [0.717, 1.165) is 6.26 Å². The summed E-state index contributed by atoms with van der Waals surface area (Å²) in [6.07, 6.45) is 0.343. The van der Waals surface area contributed by atoms with Crippen molar-refractivity contribution in [2.45, 2.75) is 32.1 Å². The second-order valence-corrected chi connectivity index (χ2v) is 7.30. The third-order valence-corrected chi connectivity index (χ3v) is 4.20. The van der Waals surface area contributed by atoms with Crippen LogP contribution in [0, 0.1) is 5.41 Å². The van der Waals surface area contributed by atoms with Crippen molar-refractivity contribution in [3.63, 3.8) is 0 Å². The molecule has 0 heterocycles.